The molecule has 0 unspecified atom stereocenters. The highest BCUT2D eigenvalue weighted by atomic mass is 16.6. The van der Waals surface area contributed by atoms with E-state index in [1.807, 2.05) is 0 Å². The Morgan fingerprint density at radius 2 is 1.70 bits per heavy atom. The summed E-state index contributed by atoms with van der Waals surface area (Å²) in [5, 5.41) is 19.4. The van der Waals surface area contributed by atoms with Crippen LogP contribution in [0, 0.1) is 0 Å². The van der Waals surface area contributed by atoms with Crippen molar-refractivity contribution < 1.29 is 34.0 Å². The highest BCUT2D eigenvalue weighted by Crippen LogP contribution is 2.39. The molecule has 0 bridgehead atoms. The predicted molar refractivity (Wildman–Crippen MR) is 96.5 cm³/mol. The number of carbonyl (C=O) groups is 1. The van der Waals surface area contributed by atoms with Crippen LogP contribution in [0.4, 0.5) is 0 Å². The molecule has 0 saturated heterocycles. The summed E-state index contributed by atoms with van der Waals surface area (Å²) in [6.45, 7) is 0. The van der Waals surface area contributed by atoms with Crippen molar-refractivity contribution in [3.05, 3.63) is 47.2 Å². The molecule has 0 aliphatic carbocycles. The molecule has 1 heterocycles. The van der Waals surface area contributed by atoms with Crippen LogP contribution >= 0.6 is 0 Å². The molecule has 2 aromatic rings. The second-order valence-corrected chi connectivity index (χ2v) is 5.47. The van der Waals surface area contributed by atoms with Crippen molar-refractivity contribution in [3.63, 3.8) is 0 Å². The van der Waals surface area contributed by atoms with E-state index in [4.69, 9.17) is 18.9 Å². The standard InChI is InChI=1S/C19H17NO7/c1-24-14-8-11(9-15(25-2)17(14)26-3)18-20-12(19(23)27-18)7-10-5-4-6-13(21)16(10)22/h4-9,21-22H,1-3H3/b12-7+. The Kier molecular flexibility index (Phi) is 4.89. The summed E-state index contributed by atoms with van der Waals surface area (Å²) in [5.74, 6) is -0.137. The van der Waals surface area contributed by atoms with Gasteiger partial charge < -0.3 is 29.2 Å². The number of benzene rings is 2. The molecule has 1 aliphatic rings. The number of nitrogens with zero attached hydrogens (tertiary/aromatic N) is 1. The molecule has 0 saturated carbocycles. The van der Waals surface area contributed by atoms with Gasteiger partial charge in [0.1, 0.15) is 0 Å². The van der Waals surface area contributed by atoms with Crippen LogP contribution in [0.15, 0.2) is 41.0 Å². The predicted octanol–water partition coefficient (Wildman–Crippen LogP) is 2.47. The number of esters is 1. The molecule has 0 radical (unpaired) electrons. The van der Waals surface area contributed by atoms with Crippen molar-refractivity contribution >= 4 is 17.9 Å². The second kappa shape index (κ2) is 7.28. The van der Waals surface area contributed by atoms with Gasteiger partial charge in [0, 0.05) is 11.1 Å². The van der Waals surface area contributed by atoms with Crippen LogP contribution in [0.2, 0.25) is 0 Å². The average molecular weight is 371 g/mol. The SMILES string of the molecule is COc1cc(C2=N/C(=C/c3cccc(O)c3O)C(=O)O2)cc(OC)c1OC. The van der Waals surface area contributed by atoms with Crippen molar-refractivity contribution in [2.24, 2.45) is 4.99 Å². The van der Waals surface area contributed by atoms with Crippen molar-refractivity contribution in [2.75, 3.05) is 21.3 Å². The Bertz CT molecular complexity index is 938. The monoisotopic (exact) mass is 371 g/mol. The minimum absolute atomic E-state index is 0.0281. The van der Waals surface area contributed by atoms with E-state index in [1.165, 1.54) is 45.6 Å². The number of carbonyl (C=O) groups excluding carboxylic acids is 1. The number of aliphatic imine (C=N–C) groups is 1. The van der Waals surface area contributed by atoms with Gasteiger partial charge in [0.05, 0.1) is 21.3 Å². The number of hydrogen-bond donors (Lipinski definition) is 2. The van der Waals surface area contributed by atoms with E-state index in [9.17, 15) is 15.0 Å². The Morgan fingerprint density at radius 1 is 1.04 bits per heavy atom. The van der Waals surface area contributed by atoms with Crippen molar-refractivity contribution in [1.29, 1.82) is 0 Å². The van der Waals surface area contributed by atoms with E-state index in [2.05, 4.69) is 4.99 Å². The fraction of sp³-hybridized carbons (Fsp3) is 0.158. The van der Waals surface area contributed by atoms with Gasteiger partial charge in [-0.1, -0.05) is 12.1 Å². The number of phenolic OH excluding ortho intramolecular Hbond substituents is 2. The van der Waals surface area contributed by atoms with E-state index in [-0.39, 0.29) is 28.7 Å². The molecule has 8 nitrogen and oxygen atoms in total. The summed E-state index contributed by atoms with van der Waals surface area (Å²) in [6.07, 6.45) is 1.32. The first-order valence-electron chi connectivity index (χ1n) is 7.82. The minimum atomic E-state index is -0.693. The minimum Gasteiger partial charge on any atom is -0.504 e. The van der Waals surface area contributed by atoms with Crippen LogP contribution < -0.4 is 14.2 Å². The van der Waals surface area contributed by atoms with Gasteiger partial charge in [0.25, 0.3) is 0 Å². The zero-order valence-electron chi connectivity index (χ0n) is 14.8. The third-order valence-electron chi connectivity index (χ3n) is 3.87. The fourth-order valence-electron chi connectivity index (χ4n) is 2.55. The number of ether oxygens (including phenoxy) is 4. The molecule has 2 aromatic carbocycles. The van der Waals surface area contributed by atoms with Crippen molar-refractivity contribution in [2.45, 2.75) is 0 Å². The largest absolute Gasteiger partial charge is 0.504 e. The Balaban J connectivity index is 2.04. The Morgan fingerprint density at radius 3 is 2.30 bits per heavy atom. The molecular formula is C19H17NO7. The van der Waals surface area contributed by atoms with Crippen LogP contribution in [0.1, 0.15) is 11.1 Å². The highest BCUT2D eigenvalue weighted by molar-refractivity contribution is 6.13. The summed E-state index contributed by atoms with van der Waals surface area (Å²) in [6, 6.07) is 7.59. The maximum atomic E-state index is 12.2. The molecule has 27 heavy (non-hydrogen) atoms. The molecular weight excluding hydrogens is 354 g/mol. The summed E-state index contributed by atoms with van der Waals surface area (Å²) in [7, 11) is 4.43. The van der Waals surface area contributed by atoms with Gasteiger partial charge in [-0.25, -0.2) is 9.79 Å². The number of methoxy groups -OCH3 is 3. The maximum absolute atomic E-state index is 12.2. The molecule has 3 rings (SSSR count). The van der Waals surface area contributed by atoms with Crippen LogP contribution in [0.25, 0.3) is 6.08 Å². The van der Waals surface area contributed by atoms with Crippen molar-refractivity contribution in [3.8, 4) is 28.7 Å². The van der Waals surface area contributed by atoms with Crippen LogP contribution in [0.5, 0.6) is 28.7 Å². The van der Waals surface area contributed by atoms with Crippen LogP contribution in [0.3, 0.4) is 0 Å². The molecule has 0 fully saturated rings. The second-order valence-electron chi connectivity index (χ2n) is 5.47. The lowest BCUT2D eigenvalue weighted by Gasteiger charge is -2.13. The summed E-state index contributed by atoms with van der Waals surface area (Å²) in [4.78, 5) is 16.3. The van der Waals surface area contributed by atoms with Gasteiger partial charge >= 0.3 is 5.97 Å². The van der Waals surface area contributed by atoms with E-state index < -0.39 is 5.97 Å². The quantitative estimate of drug-likeness (QED) is 0.472. The van der Waals surface area contributed by atoms with Gasteiger partial charge in [0.2, 0.25) is 11.6 Å². The van der Waals surface area contributed by atoms with Gasteiger partial charge in [-0.3, -0.25) is 0 Å². The summed E-state index contributed by atoms with van der Waals surface area (Å²) < 4.78 is 21.0. The number of aromatic hydroxyl groups is 2. The third kappa shape index (κ3) is 3.37. The average Bonchev–Trinajstić information content (AvgIpc) is 3.04. The fourth-order valence-corrected chi connectivity index (χ4v) is 2.55. The first-order valence-corrected chi connectivity index (χ1v) is 7.82. The zero-order chi connectivity index (χ0) is 19.6. The van der Waals surface area contributed by atoms with Gasteiger partial charge in [-0.15, -0.1) is 0 Å². The van der Waals surface area contributed by atoms with E-state index in [0.29, 0.717) is 22.8 Å². The molecule has 0 atom stereocenters. The van der Waals surface area contributed by atoms with Crippen LogP contribution in [-0.2, 0) is 9.53 Å². The number of phenols is 2. The smallest absolute Gasteiger partial charge is 0.363 e. The molecule has 8 heteroatoms. The Labute approximate surface area is 154 Å². The zero-order valence-corrected chi connectivity index (χ0v) is 14.8. The molecule has 0 amide bonds. The lowest BCUT2D eigenvalue weighted by molar-refractivity contribution is -0.129. The summed E-state index contributed by atoms with van der Waals surface area (Å²) in [5.41, 5.74) is 0.651. The van der Waals surface area contributed by atoms with Gasteiger partial charge in [-0.05, 0) is 24.3 Å². The Hall–Kier alpha value is -3.68. The van der Waals surface area contributed by atoms with Gasteiger partial charge in [-0.2, -0.15) is 0 Å². The van der Waals surface area contributed by atoms with Crippen LogP contribution in [-0.4, -0.2) is 43.4 Å². The highest BCUT2D eigenvalue weighted by Gasteiger charge is 2.27. The normalized spacial score (nSPS) is 14.7. The topological polar surface area (TPSA) is 107 Å². The lowest BCUT2D eigenvalue weighted by Crippen LogP contribution is -2.06. The number of para-hydroxylation sites is 1. The molecule has 140 valence electrons. The molecule has 2 N–H and O–H groups in total. The number of hydrogen-bond acceptors (Lipinski definition) is 8. The number of rotatable bonds is 5. The van der Waals surface area contributed by atoms with E-state index in [1.54, 1.807) is 12.1 Å². The molecule has 0 spiro atoms. The lowest BCUT2D eigenvalue weighted by atomic mass is 10.1. The first kappa shape index (κ1) is 18.1. The van der Waals surface area contributed by atoms with E-state index in [0.717, 1.165) is 0 Å². The van der Waals surface area contributed by atoms with Crippen molar-refractivity contribution in [1.82, 2.24) is 0 Å². The molecule has 1 aliphatic heterocycles. The third-order valence-corrected chi connectivity index (χ3v) is 3.87. The summed E-state index contributed by atoms with van der Waals surface area (Å²) >= 11 is 0. The molecule has 0 aromatic heterocycles. The number of cyclic esters (lactones) is 1. The van der Waals surface area contributed by atoms with E-state index >= 15 is 0 Å². The maximum Gasteiger partial charge on any atom is 0.363 e. The first-order chi connectivity index (χ1) is 13.0. The van der Waals surface area contributed by atoms with Gasteiger partial charge in [0.15, 0.2) is 28.7 Å².